The first-order valence-corrected chi connectivity index (χ1v) is 8.54. The molecule has 112 valence electrons. The Bertz CT molecular complexity index is 741. The van der Waals surface area contributed by atoms with Crippen LogP contribution in [0.25, 0.3) is 0 Å². The minimum Gasteiger partial charge on any atom is -0.258 e. The van der Waals surface area contributed by atoms with Gasteiger partial charge < -0.3 is 0 Å². The van der Waals surface area contributed by atoms with E-state index in [0.717, 1.165) is 16.9 Å². The lowest BCUT2D eigenvalue weighted by Gasteiger charge is -2.04. The van der Waals surface area contributed by atoms with Crippen LogP contribution in [-0.2, 0) is 16.4 Å². The number of sulfonamides is 1. The van der Waals surface area contributed by atoms with Gasteiger partial charge >= 0.3 is 0 Å². The molecule has 9 heteroatoms. The molecule has 0 aliphatic rings. The van der Waals surface area contributed by atoms with E-state index in [0.29, 0.717) is 10.8 Å². The van der Waals surface area contributed by atoms with Gasteiger partial charge in [0.25, 0.3) is 5.69 Å². The molecule has 1 N–H and O–H groups in total. The normalized spacial score (nSPS) is 11.5. The van der Waals surface area contributed by atoms with Crippen molar-refractivity contribution < 1.29 is 13.3 Å². The van der Waals surface area contributed by atoms with Gasteiger partial charge in [-0.3, -0.25) is 10.1 Å². The minimum atomic E-state index is -3.56. The second-order valence-corrected chi connectivity index (χ2v) is 7.84. The average molecular weight is 347 g/mol. The number of hydrogen-bond acceptors (Lipinski definition) is 5. The van der Waals surface area contributed by atoms with Crippen LogP contribution in [0.5, 0.6) is 0 Å². The molecule has 0 fully saturated rings. The largest absolute Gasteiger partial charge is 0.269 e. The van der Waals surface area contributed by atoms with Crippen LogP contribution in [0.3, 0.4) is 0 Å². The van der Waals surface area contributed by atoms with Crippen molar-refractivity contribution in [2.75, 3.05) is 6.54 Å². The van der Waals surface area contributed by atoms with E-state index in [4.69, 9.17) is 11.6 Å². The maximum Gasteiger partial charge on any atom is 0.269 e. The van der Waals surface area contributed by atoms with Crippen molar-refractivity contribution in [2.45, 2.75) is 10.6 Å². The molecule has 6 nitrogen and oxygen atoms in total. The van der Waals surface area contributed by atoms with Gasteiger partial charge in [-0.05, 0) is 24.1 Å². The second-order valence-electron chi connectivity index (χ2n) is 4.13. The van der Waals surface area contributed by atoms with Crippen LogP contribution in [0.1, 0.15) is 5.56 Å². The van der Waals surface area contributed by atoms with Crippen LogP contribution in [0.15, 0.2) is 40.6 Å². The fraction of sp³-hybridized carbons (Fsp3) is 0.167. The Hall–Kier alpha value is -1.48. The molecule has 0 aliphatic carbocycles. The van der Waals surface area contributed by atoms with Gasteiger partial charge in [0, 0.05) is 18.7 Å². The minimum absolute atomic E-state index is 0.00700. The Morgan fingerprint density at radius 3 is 2.38 bits per heavy atom. The zero-order chi connectivity index (χ0) is 15.5. The monoisotopic (exact) mass is 346 g/mol. The number of non-ortho nitro benzene ring substituents is 1. The molecule has 21 heavy (non-hydrogen) atoms. The number of hydrogen-bond donors (Lipinski definition) is 1. The lowest BCUT2D eigenvalue weighted by molar-refractivity contribution is -0.384. The topological polar surface area (TPSA) is 89.3 Å². The van der Waals surface area contributed by atoms with Gasteiger partial charge in [-0.15, -0.1) is 11.3 Å². The van der Waals surface area contributed by atoms with Crippen molar-refractivity contribution in [3.8, 4) is 0 Å². The maximum atomic E-state index is 11.9. The highest BCUT2D eigenvalue weighted by molar-refractivity contribution is 7.91. The first-order chi connectivity index (χ1) is 9.88. The number of nitro benzene ring substituents is 1. The lowest BCUT2D eigenvalue weighted by atomic mass is 10.1. The van der Waals surface area contributed by atoms with E-state index in [1.165, 1.54) is 24.3 Å². The van der Waals surface area contributed by atoms with Crippen LogP contribution in [-0.4, -0.2) is 19.9 Å². The van der Waals surface area contributed by atoms with Crippen molar-refractivity contribution in [2.24, 2.45) is 0 Å². The van der Waals surface area contributed by atoms with Crippen molar-refractivity contribution in [1.82, 2.24) is 4.72 Å². The number of rotatable bonds is 6. The van der Waals surface area contributed by atoms with E-state index < -0.39 is 14.9 Å². The molecule has 1 heterocycles. The number of benzene rings is 1. The number of nitrogens with zero attached hydrogens (tertiary/aromatic N) is 1. The highest BCUT2D eigenvalue weighted by atomic mass is 35.5. The predicted octanol–water partition coefficient (Wildman–Crippen LogP) is 2.83. The zero-order valence-electron chi connectivity index (χ0n) is 10.7. The van der Waals surface area contributed by atoms with Crippen molar-refractivity contribution in [3.63, 3.8) is 0 Å². The van der Waals surface area contributed by atoms with Gasteiger partial charge in [0.05, 0.1) is 9.26 Å². The molecule has 0 radical (unpaired) electrons. The molecule has 0 spiro atoms. The Kier molecular flexibility index (Phi) is 4.94. The van der Waals surface area contributed by atoms with Crippen LogP contribution in [0, 0.1) is 10.1 Å². The van der Waals surface area contributed by atoms with Crippen molar-refractivity contribution in [1.29, 1.82) is 0 Å². The summed E-state index contributed by atoms with van der Waals surface area (Å²) in [6.45, 7) is 0.204. The summed E-state index contributed by atoms with van der Waals surface area (Å²) in [5.74, 6) is 0. The Morgan fingerprint density at radius 1 is 1.19 bits per heavy atom. The molecule has 2 aromatic rings. The average Bonchev–Trinajstić information content (AvgIpc) is 2.87. The standard InChI is InChI=1S/C12H11ClN2O4S2/c13-11-5-6-12(20-11)21(18,19)14-8-7-9-1-3-10(4-2-9)15(16)17/h1-6,14H,7-8H2. The van der Waals surface area contributed by atoms with Crippen LogP contribution >= 0.6 is 22.9 Å². The van der Waals surface area contributed by atoms with Crippen LogP contribution < -0.4 is 4.72 Å². The number of nitrogens with one attached hydrogen (secondary N) is 1. The number of nitro groups is 1. The molecule has 0 unspecified atom stereocenters. The molecule has 0 saturated heterocycles. The third-order valence-electron chi connectivity index (χ3n) is 2.67. The lowest BCUT2D eigenvalue weighted by Crippen LogP contribution is -2.25. The van der Waals surface area contributed by atoms with E-state index >= 15 is 0 Å². The zero-order valence-corrected chi connectivity index (χ0v) is 13.0. The van der Waals surface area contributed by atoms with Gasteiger partial charge in [-0.1, -0.05) is 23.7 Å². The highest BCUT2D eigenvalue weighted by Crippen LogP contribution is 2.25. The third kappa shape index (κ3) is 4.24. The third-order valence-corrected chi connectivity index (χ3v) is 5.85. The Morgan fingerprint density at radius 2 is 1.86 bits per heavy atom. The van der Waals surface area contributed by atoms with E-state index in [2.05, 4.69) is 4.72 Å². The summed E-state index contributed by atoms with van der Waals surface area (Å²) < 4.78 is 26.9. The fourth-order valence-electron chi connectivity index (χ4n) is 1.63. The van der Waals surface area contributed by atoms with Crippen molar-refractivity contribution >= 4 is 38.6 Å². The van der Waals surface area contributed by atoms with Gasteiger partial charge in [0.15, 0.2) is 0 Å². The molecule has 0 aliphatic heterocycles. The summed E-state index contributed by atoms with van der Waals surface area (Å²) in [5.41, 5.74) is 0.820. The molecule has 1 aromatic heterocycles. The highest BCUT2D eigenvalue weighted by Gasteiger charge is 2.15. The molecule has 0 amide bonds. The van der Waals surface area contributed by atoms with Gasteiger partial charge in [-0.2, -0.15) is 0 Å². The molecule has 0 bridgehead atoms. The quantitative estimate of drug-likeness (QED) is 0.643. The maximum absolute atomic E-state index is 11.9. The van der Waals surface area contributed by atoms with E-state index in [1.807, 2.05) is 0 Å². The van der Waals surface area contributed by atoms with Crippen molar-refractivity contribution in [3.05, 3.63) is 56.4 Å². The van der Waals surface area contributed by atoms with Gasteiger partial charge in [0.1, 0.15) is 4.21 Å². The van der Waals surface area contributed by atoms with Gasteiger partial charge in [-0.25, -0.2) is 13.1 Å². The van der Waals surface area contributed by atoms with E-state index in [-0.39, 0.29) is 16.4 Å². The van der Waals surface area contributed by atoms with E-state index in [1.54, 1.807) is 12.1 Å². The first kappa shape index (κ1) is 15.9. The predicted molar refractivity (Wildman–Crippen MR) is 81.3 cm³/mol. The Balaban J connectivity index is 1.93. The number of halogens is 1. The van der Waals surface area contributed by atoms with Crippen LogP contribution in [0.2, 0.25) is 4.34 Å². The Labute approximate surface area is 130 Å². The smallest absolute Gasteiger partial charge is 0.258 e. The molecule has 1 aromatic carbocycles. The second kappa shape index (κ2) is 6.52. The molecule has 0 saturated carbocycles. The summed E-state index contributed by atoms with van der Waals surface area (Å²) >= 11 is 6.69. The van der Waals surface area contributed by atoms with Gasteiger partial charge in [0.2, 0.25) is 10.0 Å². The van der Waals surface area contributed by atoms with Crippen LogP contribution in [0.4, 0.5) is 5.69 Å². The molecule has 2 rings (SSSR count). The van der Waals surface area contributed by atoms with E-state index in [9.17, 15) is 18.5 Å². The fourth-order valence-corrected chi connectivity index (χ4v) is 4.19. The first-order valence-electron chi connectivity index (χ1n) is 5.87. The summed E-state index contributed by atoms with van der Waals surface area (Å²) in [6, 6.07) is 8.97. The molecule has 0 atom stereocenters. The number of thiophene rings is 1. The molecular formula is C12H11ClN2O4S2. The summed E-state index contributed by atoms with van der Waals surface area (Å²) in [6.07, 6.45) is 0.441. The summed E-state index contributed by atoms with van der Waals surface area (Å²) in [4.78, 5) is 10.0. The SMILES string of the molecule is O=[N+]([O-])c1ccc(CCNS(=O)(=O)c2ccc(Cl)s2)cc1. The molecular weight excluding hydrogens is 336 g/mol. The summed E-state index contributed by atoms with van der Waals surface area (Å²) in [7, 11) is -3.56. The summed E-state index contributed by atoms with van der Waals surface area (Å²) in [5, 5.41) is 10.5.